The lowest BCUT2D eigenvalue weighted by atomic mass is 10.2. The molecule has 1 fully saturated rings. The van der Waals surface area contributed by atoms with Crippen molar-refractivity contribution in [1.82, 2.24) is 4.90 Å². The van der Waals surface area contributed by atoms with Crippen LogP contribution in [-0.4, -0.2) is 34.4 Å². The maximum Gasteiger partial charge on any atom is 0.283 e. The van der Waals surface area contributed by atoms with E-state index in [0.29, 0.717) is 28.0 Å². The summed E-state index contributed by atoms with van der Waals surface area (Å²) in [6, 6.07) is 8.69. The van der Waals surface area contributed by atoms with Crippen LogP contribution in [0, 0.1) is 0 Å². The first-order valence-electron chi connectivity index (χ1n) is 7.81. The van der Waals surface area contributed by atoms with Crippen molar-refractivity contribution in [3.05, 3.63) is 52.9 Å². The topological polar surface area (TPSA) is 55.0 Å². The normalized spacial score (nSPS) is 17.9. The number of amides is 1. The van der Waals surface area contributed by atoms with Gasteiger partial charge in [-0.2, -0.15) is 4.99 Å². The minimum Gasteiger partial charge on any atom is -0.496 e. The van der Waals surface area contributed by atoms with Gasteiger partial charge >= 0.3 is 0 Å². The minimum atomic E-state index is -0.371. The Labute approximate surface area is 156 Å². The van der Waals surface area contributed by atoms with Crippen molar-refractivity contribution in [2.24, 2.45) is 4.99 Å². The molecule has 0 radical (unpaired) electrons. The van der Waals surface area contributed by atoms with Gasteiger partial charge in [-0.1, -0.05) is 23.4 Å². The molecule has 0 bridgehead atoms. The van der Waals surface area contributed by atoms with Crippen LogP contribution in [0.2, 0.25) is 5.02 Å². The zero-order chi connectivity index (χ0) is 18.0. The average molecular weight is 379 g/mol. The van der Waals surface area contributed by atoms with Gasteiger partial charge in [0.2, 0.25) is 0 Å². The molecule has 0 spiro atoms. The smallest absolute Gasteiger partial charge is 0.283 e. The maximum absolute atomic E-state index is 12.7. The molecule has 3 rings (SSSR count). The lowest BCUT2D eigenvalue weighted by Crippen LogP contribution is -2.28. The van der Waals surface area contributed by atoms with E-state index in [1.54, 1.807) is 36.2 Å². The van der Waals surface area contributed by atoms with E-state index in [9.17, 15) is 4.79 Å². The number of carbonyl (C=O) groups is 1. The van der Waals surface area contributed by atoms with Gasteiger partial charge < -0.3 is 14.1 Å². The highest BCUT2D eigenvalue weighted by Gasteiger charge is 2.36. The minimum absolute atomic E-state index is 0.0376. The van der Waals surface area contributed by atoms with Crippen LogP contribution in [0.1, 0.15) is 30.0 Å². The lowest BCUT2D eigenvalue weighted by molar-refractivity contribution is 0.0998. The van der Waals surface area contributed by atoms with E-state index in [-0.39, 0.29) is 10.7 Å². The molecule has 0 saturated carbocycles. The fourth-order valence-electron chi connectivity index (χ4n) is 2.67. The first-order valence-corrected chi connectivity index (χ1v) is 9.00. The molecule has 132 valence electrons. The highest BCUT2D eigenvalue weighted by Crippen LogP contribution is 2.37. The number of ether oxygens (including phenoxy) is 1. The zero-order valence-corrected chi connectivity index (χ0v) is 15.9. The van der Waals surface area contributed by atoms with Gasteiger partial charge in [0.05, 0.1) is 25.5 Å². The highest BCUT2D eigenvalue weighted by molar-refractivity contribution is 8.15. The molecule has 1 aliphatic heterocycles. The molecular formula is C18H19ClN2O3S. The van der Waals surface area contributed by atoms with Gasteiger partial charge in [0.25, 0.3) is 5.91 Å². The van der Waals surface area contributed by atoms with Gasteiger partial charge in [-0.25, -0.2) is 0 Å². The van der Waals surface area contributed by atoms with Gasteiger partial charge in [-0.3, -0.25) is 4.79 Å². The summed E-state index contributed by atoms with van der Waals surface area (Å²) in [7, 11) is 1.52. The summed E-state index contributed by atoms with van der Waals surface area (Å²) >= 11 is 7.60. The molecule has 2 aromatic rings. The lowest BCUT2D eigenvalue weighted by Gasteiger charge is -2.18. The van der Waals surface area contributed by atoms with Gasteiger partial charge in [0, 0.05) is 16.3 Å². The van der Waals surface area contributed by atoms with Gasteiger partial charge in [-0.05, 0) is 44.2 Å². The molecule has 1 aromatic carbocycles. The van der Waals surface area contributed by atoms with E-state index >= 15 is 0 Å². The first kappa shape index (κ1) is 17.9. The van der Waals surface area contributed by atoms with E-state index in [4.69, 9.17) is 20.8 Å². The monoisotopic (exact) mass is 378 g/mol. The van der Waals surface area contributed by atoms with Crippen LogP contribution in [0.4, 0.5) is 0 Å². The second-order valence-corrected chi connectivity index (χ2v) is 8.45. The Bertz CT molecular complexity index is 803. The molecule has 0 aliphatic carbocycles. The number of benzene rings is 1. The van der Waals surface area contributed by atoms with Crippen LogP contribution in [0.3, 0.4) is 0 Å². The van der Waals surface area contributed by atoms with Crippen LogP contribution >= 0.6 is 23.4 Å². The second-order valence-electron chi connectivity index (χ2n) is 6.34. The first-order chi connectivity index (χ1) is 11.9. The van der Waals surface area contributed by atoms with Crippen molar-refractivity contribution in [2.45, 2.75) is 25.1 Å². The third-order valence-electron chi connectivity index (χ3n) is 3.73. The number of rotatable bonds is 4. The summed E-state index contributed by atoms with van der Waals surface area (Å²) in [6.45, 7) is 5.60. The quantitative estimate of drug-likeness (QED) is 0.785. The number of amidine groups is 1. The molecule has 25 heavy (non-hydrogen) atoms. The SMILES string of the molecule is COc1ccc(Cl)cc1C(=O)/N=C1\SC(C)(C)CN1Cc1ccco1. The fourth-order valence-corrected chi connectivity index (χ4v) is 3.95. The fraction of sp³-hybridized carbons (Fsp3) is 0.333. The summed E-state index contributed by atoms with van der Waals surface area (Å²) in [5, 5.41) is 1.14. The Morgan fingerprint density at radius 1 is 1.44 bits per heavy atom. The summed E-state index contributed by atoms with van der Waals surface area (Å²) in [5.74, 6) is 0.918. The Hall–Kier alpha value is -1.92. The molecule has 1 aliphatic rings. The van der Waals surface area contributed by atoms with E-state index < -0.39 is 0 Å². The largest absolute Gasteiger partial charge is 0.496 e. The van der Waals surface area contributed by atoms with Crippen molar-refractivity contribution in [2.75, 3.05) is 13.7 Å². The van der Waals surface area contributed by atoms with Crippen LogP contribution < -0.4 is 4.74 Å². The molecule has 0 N–H and O–H groups in total. The number of furan rings is 1. The van der Waals surface area contributed by atoms with Crippen LogP contribution in [0.5, 0.6) is 5.75 Å². The Morgan fingerprint density at radius 2 is 2.24 bits per heavy atom. The van der Waals surface area contributed by atoms with Crippen molar-refractivity contribution < 1.29 is 13.9 Å². The van der Waals surface area contributed by atoms with Crippen LogP contribution in [0.25, 0.3) is 0 Å². The number of hydrogen-bond acceptors (Lipinski definition) is 4. The van der Waals surface area contributed by atoms with Crippen molar-refractivity contribution in [1.29, 1.82) is 0 Å². The van der Waals surface area contributed by atoms with Crippen molar-refractivity contribution in [3.63, 3.8) is 0 Å². The molecule has 1 amide bonds. The molecule has 7 heteroatoms. The molecule has 5 nitrogen and oxygen atoms in total. The van der Waals surface area contributed by atoms with E-state index in [1.807, 2.05) is 12.1 Å². The van der Waals surface area contributed by atoms with Gasteiger partial charge in [0.15, 0.2) is 5.17 Å². The number of nitrogens with zero attached hydrogens (tertiary/aromatic N) is 2. The van der Waals surface area contributed by atoms with Crippen molar-refractivity contribution in [3.8, 4) is 5.75 Å². The predicted octanol–water partition coefficient (Wildman–Crippen LogP) is 4.47. The summed E-state index contributed by atoms with van der Waals surface area (Å²) < 4.78 is 10.6. The number of halogens is 1. The number of methoxy groups -OCH3 is 1. The Morgan fingerprint density at radius 3 is 2.92 bits per heavy atom. The summed E-state index contributed by atoms with van der Waals surface area (Å²) in [4.78, 5) is 19.1. The third-order valence-corrected chi connectivity index (χ3v) is 5.17. The van der Waals surface area contributed by atoms with Crippen molar-refractivity contribution >= 4 is 34.4 Å². The Kier molecular flexibility index (Phi) is 5.11. The summed E-state index contributed by atoms with van der Waals surface area (Å²) in [5.41, 5.74) is 0.353. The molecule has 1 saturated heterocycles. The molecular weight excluding hydrogens is 360 g/mol. The van der Waals surface area contributed by atoms with E-state index in [0.717, 1.165) is 12.3 Å². The standard InChI is InChI=1S/C18H19ClN2O3S/c1-18(2)11-21(10-13-5-4-8-24-13)17(25-18)20-16(22)14-9-12(19)6-7-15(14)23-3/h4-9H,10-11H2,1-3H3/b20-17-. The van der Waals surface area contributed by atoms with Crippen LogP contribution in [-0.2, 0) is 6.54 Å². The third kappa shape index (κ3) is 4.19. The van der Waals surface area contributed by atoms with Gasteiger partial charge in [0.1, 0.15) is 11.5 Å². The van der Waals surface area contributed by atoms with E-state index in [2.05, 4.69) is 23.7 Å². The van der Waals surface area contributed by atoms with Crippen LogP contribution in [0.15, 0.2) is 46.0 Å². The van der Waals surface area contributed by atoms with E-state index in [1.165, 1.54) is 7.11 Å². The molecule has 2 heterocycles. The molecule has 0 unspecified atom stereocenters. The molecule has 0 atom stereocenters. The predicted molar refractivity (Wildman–Crippen MR) is 101 cm³/mol. The average Bonchev–Trinajstić information content (AvgIpc) is 3.15. The molecule has 1 aromatic heterocycles. The Balaban J connectivity index is 1.89. The number of carbonyl (C=O) groups excluding carboxylic acids is 1. The highest BCUT2D eigenvalue weighted by atomic mass is 35.5. The zero-order valence-electron chi connectivity index (χ0n) is 14.3. The number of thioether (sulfide) groups is 1. The van der Waals surface area contributed by atoms with Gasteiger partial charge in [-0.15, -0.1) is 0 Å². The number of aliphatic imine (C=N–C) groups is 1. The maximum atomic E-state index is 12.7. The second kappa shape index (κ2) is 7.14. The summed E-state index contributed by atoms with van der Waals surface area (Å²) in [6.07, 6.45) is 1.64. The number of hydrogen-bond donors (Lipinski definition) is 0.